The number of aryl methyl sites for hydroxylation is 1. The van der Waals surface area contributed by atoms with Crippen LogP contribution in [0, 0.1) is 0 Å². The van der Waals surface area contributed by atoms with E-state index >= 15 is 0 Å². The van der Waals surface area contributed by atoms with E-state index in [4.69, 9.17) is 4.74 Å². The Hall–Kier alpha value is -2.31. The molecule has 0 saturated heterocycles. The average Bonchev–Trinajstić information content (AvgIpc) is 3.06. The van der Waals surface area contributed by atoms with Gasteiger partial charge >= 0.3 is 5.97 Å². The van der Waals surface area contributed by atoms with Crippen LogP contribution in [-0.4, -0.2) is 38.3 Å². The summed E-state index contributed by atoms with van der Waals surface area (Å²) in [7, 11) is 1.41. The number of fused-ring (bicyclic) bond motifs is 1. The highest BCUT2D eigenvalue weighted by Gasteiger charge is 2.30. The van der Waals surface area contributed by atoms with Gasteiger partial charge in [-0.15, -0.1) is 5.10 Å². The third-order valence-corrected chi connectivity index (χ3v) is 3.16. The molecule has 0 saturated carbocycles. The van der Waals surface area contributed by atoms with Crippen molar-refractivity contribution in [3.05, 3.63) is 29.7 Å². The molecule has 1 atom stereocenters. The van der Waals surface area contributed by atoms with Crippen molar-refractivity contribution in [2.45, 2.75) is 18.8 Å². The molecule has 7 heteroatoms. The summed E-state index contributed by atoms with van der Waals surface area (Å²) < 4.78 is 6.28. The zero-order valence-electron chi connectivity index (χ0n) is 9.78. The fraction of sp³-hybridized carbons (Fsp3) is 0.364. The zero-order valence-corrected chi connectivity index (χ0v) is 9.78. The summed E-state index contributed by atoms with van der Waals surface area (Å²) in [6, 6.07) is 1.91. The van der Waals surface area contributed by atoms with Crippen LogP contribution in [0.4, 0.5) is 0 Å². The number of hydrogen-bond donors (Lipinski definition) is 0. The largest absolute Gasteiger partial charge is 0.469 e. The Morgan fingerprint density at radius 1 is 1.56 bits per heavy atom. The molecular formula is C11H11N5O2. The fourth-order valence-corrected chi connectivity index (χ4v) is 2.26. The molecule has 0 radical (unpaired) electrons. The van der Waals surface area contributed by atoms with Crippen LogP contribution in [-0.2, 0) is 16.0 Å². The van der Waals surface area contributed by atoms with Gasteiger partial charge in [0, 0.05) is 6.20 Å². The van der Waals surface area contributed by atoms with Gasteiger partial charge in [-0.3, -0.25) is 4.79 Å². The number of pyridine rings is 1. The van der Waals surface area contributed by atoms with Gasteiger partial charge in [0.1, 0.15) is 6.33 Å². The summed E-state index contributed by atoms with van der Waals surface area (Å²) in [5, 5.41) is 10.9. The minimum Gasteiger partial charge on any atom is -0.469 e. The second-order valence-electron chi connectivity index (χ2n) is 4.11. The maximum Gasteiger partial charge on any atom is 0.313 e. The summed E-state index contributed by atoms with van der Waals surface area (Å²) in [6.45, 7) is 0. The second-order valence-corrected chi connectivity index (χ2v) is 4.11. The molecule has 0 N–H and O–H groups in total. The first-order chi connectivity index (χ1) is 8.79. The third-order valence-electron chi connectivity index (χ3n) is 3.16. The molecule has 1 aliphatic carbocycles. The molecule has 2 aromatic rings. The molecule has 0 fully saturated rings. The van der Waals surface area contributed by atoms with Gasteiger partial charge in [-0.1, -0.05) is 0 Å². The fourth-order valence-electron chi connectivity index (χ4n) is 2.26. The smallest absolute Gasteiger partial charge is 0.313 e. The van der Waals surface area contributed by atoms with Crippen LogP contribution in [0.25, 0.3) is 5.82 Å². The van der Waals surface area contributed by atoms with Crippen molar-refractivity contribution in [1.29, 1.82) is 0 Å². The lowest BCUT2D eigenvalue weighted by Gasteiger charge is -2.08. The molecular weight excluding hydrogens is 234 g/mol. The molecule has 1 aliphatic rings. The van der Waals surface area contributed by atoms with Crippen molar-refractivity contribution in [2.75, 3.05) is 7.11 Å². The van der Waals surface area contributed by atoms with Crippen LogP contribution in [0.3, 0.4) is 0 Å². The van der Waals surface area contributed by atoms with Gasteiger partial charge in [0.05, 0.1) is 13.0 Å². The Kier molecular flexibility index (Phi) is 2.51. The molecule has 2 heterocycles. The van der Waals surface area contributed by atoms with Crippen molar-refractivity contribution >= 4 is 5.97 Å². The number of ether oxygens (including phenoxy) is 1. The number of aromatic nitrogens is 5. The van der Waals surface area contributed by atoms with Gasteiger partial charge in [-0.25, -0.2) is 4.98 Å². The first-order valence-corrected chi connectivity index (χ1v) is 5.59. The van der Waals surface area contributed by atoms with Gasteiger partial charge in [0.2, 0.25) is 0 Å². The Bertz CT molecular complexity index is 581. The lowest BCUT2D eigenvalue weighted by molar-refractivity contribution is -0.142. The van der Waals surface area contributed by atoms with Crippen molar-refractivity contribution in [1.82, 2.24) is 25.2 Å². The van der Waals surface area contributed by atoms with Crippen LogP contribution in [0.1, 0.15) is 23.5 Å². The maximum atomic E-state index is 11.6. The molecule has 0 spiro atoms. The van der Waals surface area contributed by atoms with Gasteiger partial charge in [-0.05, 0) is 40.5 Å². The van der Waals surface area contributed by atoms with Crippen molar-refractivity contribution in [3.63, 3.8) is 0 Å². The minimum absolute atomic E-state index is 0.194. The van der Waals surface area contributed by atoms with Gasteiger partial charge in [0.15, 0.2) is 5.82 Å². The van der Waals surface area contributed by atoms with E-state index in [1.165, 1.54) is 18.1 Å². The van der Waals surface area contributed by atoms with E-state index in [2.05, 4.69) is 20.5 Å². The van der Waals surface area contributed by atoms with Crippen LogP contribution in [0.2, 0.25) is 0 Å². The Morgan fingerprint density at radius 3 is 3.17 bits per heavy atom. The topological polar surface area (TPSA) is 82.8 Å². The Balaban J connectivity index is 1.97. The lowest BCUT2D eigenvalue weighted by atomic mass is 10.0. The number of carbonyl (C=O) groups is 1. The monoisotopic (exact) mass is 245 g/mol. The molecule has 3 rings (SSSR count). The number of hydrogen-bond acceptors (Lipinski definition) is 6. The molecule has 92 valence electrons. The van der Waals surface area contributed by atoms with E-state index in [1.807, 2.05) is 6.07 Å². The van der Waals surface area contributed by atoms with Crippen molar-refractivity contribution in [3.8, 4) is 5.82 Å². The predicted molar refractivity (Wildman–Crippen MR) is 60.0 cm³/mol. The standard InChI is InChI=1S/C11H11N5O2/c1-18-11(17)8-3-2-7-4-10(12-5-9(7)8)16-6-13-14-15-16/h4-6,8H,2-3H2,1H3/t8-/m0/s1. The normalized spacial score (nSPS) is 17.5. The van der Waals surface area contributed by atoms with Crippen molar-refractivity contribution in [2.24, 2.45) is 0 Å². The van der Waals surface area contributed by atoms with E-state index < -0.39 is 0 Å². The highest BCUT2D eigenvalue weighted by atomic mass is 16.5. The highest BCUT2D eigenvalue weighted by Crippen LogP contribution is 2.33. The summed E-state index contributed by atoms with van der Waals surface area (Å²) in [4.78, 5) is 15.9. The number of tetrazole rings is 1. The van der Waals surface area contributed by atoms with Gasteiger partial charge in [0.25, 0.3) is 0 Å². The molecule has 18 heavy (non-hydrogen) atoms. The SMILES string of the molecule is COC(=O)[C@H]1CCc2cc(-n3cnnn3)ncc21. The predicted octanol–water partition coefficient (Wildman–Crippen LogP) is 0.260. The Morgan fingerprint density at radius 2 is 2.44 bits per heavy atom. The number of esters is 1. The summed E-state index contributed by atoms with van der Waals surface area (Å²) in [5.41, 5.74) is 2.05. The summed E-state index contributed by atoms with van der Waals surface area (Å²) in [6.07, 6.45) is 4.80. The zero-order chi connectivity index (χ0) is 12.5. The maximum absolute atomic E-state index is 11.6. The number of carbonyl (C=O) groups excluding carboxylic acids is 1. The molecule has 0 unspecified atom stereocenters. The van der Waals surface area contributed by atoms with E-state index in [9.17, 15) is 4.79 Å². The molecule has 7 nitrogen and oxygen atoms in total. The molecule has 0 bridgehead atoms. The lowest BCUT2D eigenvalue weighted by Crippen LogP contribution is -2.11. The van der Waals surface area contributed by atoms with Crippen LogP contribution in [0.15, 0.2) is 18.6 Å². The number of rotatable bonds is 2. The van der Waals surface area contributed by atoms with E-state index in [0.717, 1.165) is 24.0 Å². The van der Waals surface area contributed by atoms with Gasteiger partial charge in [-0.2, -0.15) is 4.68 Å². The Labute approximate surface area is 103 Å². The molecule has 2 aromatic heterocycles. The summed E-state index contributed by atoms with van der Waals surface area (Å²) >= 11 is 0. The van der Waals surface area contributed by atoms with E-state index in [1.54, 1.807) is 6.20 Å². The van der Waals surface area contributed by atoms with Crippen LogP contribution in [0.5, 0.6) is 0 Å². The highest BCUT2D eigenvalue weighted by molar-refractivity contribution is 5.79. The van der Waals surface area contributed by atoms with E-state index in [0.29, 0.717) is 5.82 Å². The minimum atomic E-state index is -0.203. The van der Waals surface area contributed by atoms with Gasteiger partial charge < -0.3 is 4.74 Å². The first kappa shape index (κ1) is 10.8. The number of nitrogens with zero attached hydrogens (tertiary/aromatic N) is 5. The molecule has 0 aliphatic heterocycles. The average molecular weight is 245 g/mol. The quantitative estimate of drug-likeness (QED) is 0.706. The molecule has 0 amide bonds. The third kappa shape index (κ3) is 1.64. The van der Waals surface area contributed by atoms with Crippen LogP contribution >= 0.6 is 0 Å². The van der Waals surface area contributed by atoms with E-state index in [-0.39, 0.29) is 11.9 Å². The second kappa shape index (κ2) is 4.17. The first-order valence-electron chi connectivity index (χ1n) is 5.59. The summed E-state index contributed by atoms with van der Waals surface area (Å²) in [5.74, 6) is 0.260. The molecule has 0 aromatic carbocycles. The van der Waals surface area contributed by atoms with Crippen LogP contribution < -0.4 is 0 Å². The number of methoxy groups -OCH3 is 1. The van der Waals surface area contributed by atoms with Crippen molar-refractivity contribution < 1.29 is 9.53 Å².